The predicted octanol–water partition coefficient (Wildman–Crippen LogP) is 3.92. The molecule has 0 aliphatic carbocycles. The topological polar surface area (TPSA) is 66.5 Å². The maximum absolute atomic E-state index is 12.1. The van der Waals surface area contributed by atoms with Crippen molar-refractivity contribution in [3.63, 3.8) is 0 Å². The van der Waals surface area contributed by atoms with Gasteiger partial charge in [0.25, 0.3) is 11.1 Å². The van der Waals surface area contributed by atoms with E-state index in [9.17, 15) is 14.4 Å². The molecule has 1 N–H and O–H groups in total. The lowest BCUT2D eigenvalue weighted by Crippen LogP contribution is -2.36. The van der Waals surface area contributed by atoms with Crippen LogP contribution in [0, 0.1) is 0 Å². The van der Waals surface area contributed by atoms with E-state index >= 15 is 0 Å². The molecule has 0 unspecified atom stereocenters. The number of imide groups is 1. The molecular weight excluding hydrogens is 347 g/mol. The van der Waals surface area contributed by atoms with Crippen LogP contribution in [0.4, 0.5) is 10.5 Å². The van der Waals surface area contributed by atoms with Crippen molar-refractivity contribution in [1.82, 2.24) is 4.90 Å². The van der Waals surface area contributed by atoms with Crippen molar-refractivity contribution in [2.24, 2.45) is 0 Å². The molecule has 1 fully saturated rings. The van der Waals surface area contributed by atoms with Crippen LogP contribution >= 0.6 is 35.0 Å². The number of nitrogens with zero attached hydrogens (tertiary/aromatic N) is 1. The Morgan fingerprint density at radius 3 is 2.32 bits per heavy atom. The van der Waals surface area contributed by atoms with Crippen molar-refractivity contribution in [3.05, 3.63) is 38.7 Å². The van der Waals surface area contributed by atoms with Crippen LogP contribution in [0.1, 0.15) is 13.8 Å². The summed E-state index contributed by atoms with van der Waals surface area (Å²) in [5, 5.41) is 2.60. The molecular formula is C14H12Cl2N2O3S. The number of carbonyl (C=O) groups excluding carboxylic acids is 3. The standard InChI is InChI=1S/C14H12Cl2N2O3S/c1-7(2)12-13(20)18(14(21)22-12)6-10(19)17-11-8(15)4-3-5-9(11)16/h3-5H,6H2,1-2H3,(H,17,19). The van der Waals surface area contributed by atoms with Crippen LogP contribution in [0.25, 0.3) is 0 Å². The van der Waals surface area contributed by atoms with Crippen molar-refractivity contribution >= 4 is 57.7 Å². The molecule has 5 nitrogen and oxygen atoms in total. The first kappa shape index (κ1) is 16.9. The quantitative estimate of drug-likeness (QED) is 0.831. The fourth-order valence-corrected chi connectivity index (χ4v) is 3.11. The van der Waals surface area contributed by atoms with Crippen LogP contribution < -0.4 is 5.32 Å². The molecule has 3 amide bonds. The first-order chi connectivity index (χ1) is 10.3. The van der Waals surface area contributed by atoms with E-state index < -0.39 is 17.1 Å². The molecule has 0 spiro atoms. The van der Waals surface area contributed by atoms with Crippen LogP contribution in [0.2, 0.25) is 10.0 Å². The van der Waals surface area contributed by atoms with E-state index in [2.05, 4.69) is 5.32 Å². The molecule has 8 heteroatoms. The number of benzene rings is 1. The Morgan fingerprint density at radius 2 is 1.82 bits per heavy atom. The number of rotatable bonds is 3. The van der Waals surface area contributed by atoms with Gasteiger partial charge < -0.3 is 5.32 Å². The molecule has 0 saturated carbocycles. The number of halogens is 2. The summed E-state index contributed by atoms with van der Waals surface area (Å²) in [6.07, 6.45) is 0. The minimum atomic E-state index is -0.549. The number of carbonyl (C=O) groups is 3. The molecule has 116 valence electrons. The van der Waals surface area contributed by atoms with Crippen LogP contribution in [0.5, 0.6) is 0 Å². The van der Waals surface area contributed by atoms with Crippen molar-refractivity contribution in [2.75, 3.05) is 11.9 Å². The lowest BCUT2D eigenvalue weighted by Gasteiger charge is -2.14. The van der Waals surface area contributed by atoms with Crippen molar-refractivity contribution in [2.45, 2.75) is 13.8 Å². The highest BCUT2D eigenvalue weighted by atomic mass is 35.5. The monoisotopic (exact) mass is 358 g/mol. The van der Waals surface area contributed by atoms with E-state index in [1.807, 2.05) is 0 Å². The smallest absolute Gasteiger partial charge is 0.294 e. The van der Waals surface area contributed by atoms with Crippen LogP contribution in [0.15, 0.2) is 28.7 Å². The van der Waals surface area contributed by atoms with Crippen LogP contribution in [-0.4, -0.2) is 28.5 Å². The molecule has 22 heavy (non-hydrogen) atoms. The zero-order valence-corrected chi connectivity index (χ0v) is 14.1. The molecule has 1 aliphatic rings. The van der Waals surface area contributed by atoms with Crippen LogP contribution in [0.3, 0.4) is 0 Å². The van der Waals surface area contributed by atoms with Gasteiger partial charge >= 0.3 is 0 Å². The third kappa shape index (κ3) is 3.45. The third-order valence-corrected chi connectivity index (χ3v) is 4.64. The average molecular weight is 359 g/mol. The first-order valence-corrected chi connectivity index (χ1v) is 7.83. The van der Waals surface area contributed by atoms with Gasteiger partial charge in [0.1, 0.15) is 6.54 Å². The normalized spacial score (nSPS) is 14.5. The van der Waals surface area contributed by atoms with Gasteiger partial charge in [0, 0.05) is 0 Å². The molecule has 1 aromatic rings. The molecule has 1 saturated heterocycles. The van der Waals surface area contributed by atoms with Gasteiger partial charge in [-0.3, -0.25) is 19.3 Å². The van der Waals surface area contributed by atoms with Crippen molar-refractivity contribution in [1.29, 1.82) is 0 Å². The van der Waals surface area contributed by atoms with E-state index in [0.717, 1.165) is 22.2 Å². The van der Waals surface area contributed by atoms with E-state index in [1.165, 1.54) is 0 Å². The summed E-state index contributed by atoms with van der Waals surface area (Å²) in [4.78, 5) is 37.2. The van der Waals surface area contributed by atoms with Gasteiger partial charge in [-0.2, -0.15) is 0 Å². The fourth-order valence-electron chi connectivity index (χ4n) is 1.78. The van der Waals surface area contributed by atoms with Gasteiger partial charge in [0.15, 0.2) is 0 Å². The number of hydrogen-bond donors (Lipinski definition) is 1. The fraction of sp³-hybridized carbons (Fsp3) is 0.214. The lowest BCUT2D eigenvalue weighted by atomic mass is 10.3. The van der Waals surface area contributed by atoms with E-state index in [0.29, 0.717) is 4.91 Å². The number of allylic oxidation sites excluding steroid dienone is 1. The summed E-state index contributed by atoms with van der Waals surface area (Å²) in [5.41, 5.74) is 0.991. The van der Waals surface area contributed by atoms with Gasteiger partial charge in [0.2, 0.25) is 5.91 Å². The van der Waals surface area contributed by atoms with Crippen LogP contribution in [-0.2, 0) is 9.59 Å². The van der Waals surface area contributed by atoms with Gasteiger partial charge in [-0.25, -0.2) is 0 Å². The second kappa shape index (κ2) is 6.73. The first-order valence-electron chi connectivity index (χ1n) is 6.26. The predicted molar refractivity (Wildman–Crippen MR) is 88.2 cm³/mol. The zero-order valence-electron chi connectivity index (χ0n) is 11.8. The molecule has 0 bridgehead atoms. The Balaban J connectivity index is 2.12. The molecule has 1 aromatic carbocycles. The molecule has 0 atom stereocenters. The Bertz CT molecular complexity index is 679. The second-order valence-corrected chi connectivity index (χ2v) is 6.51. The summed E-state index contributed by atoms with van der Waals surface area (Å²) in [7, 11) is 0. The minimum Gasteiger partial charge on any atom is -0.322 e. The molecule has 0 aromatic heterocycles. The number of hydrogen-bond acceptors (Lipinski definition) is 4. The third-order valence-electron chi connectivity index (χ3n) is 2.83. The van der Waals surface area contributed by atoms with Gasteiger partial charge in [-0.15, -0.1) is 0 Å². The highest BCUT2D eigenvalue weighted by Gasteiger charge is 2.36. The van der Waals surface area contributed by atoms with Gasteiger partial charge in [-0.1, -0.05) is 34.8 Å². The van der Waals surface area contributed by atoms with E-state index in [4.69, 9.17) is 23.2 Å². The average Bonchev–Trinajstić information content (AvgIpc) is 2.71. The minimum absolute atomic E-state index is 0.255. The SMILES string of the molecule is CC(C)=C1SC(=O)N(CC(=O)Nc2c(Cl)cccc2Cl)C1=O. The second-order valence-electron chi connectivity index (χ2n) is 4.73. The van der Waals surface area contributed by atoms with Crippen molar-refractivity contribution < 1.29 is 14.4 Å². The number of amides is 3. The summed E-state index contributed by atoms with van der Waals surface area (Å²) in [6, 6.07) is 4.80. The maximum atomic E-state index is 12.1. The number of thioether (sulfide) groups is 1. The number of nitrogens with one attached hydrogen (secondary N) is 1. The molecule has 1 aliphatic heterocycles. The molecule has 0 radical (unpaired) electrons. The highest BCUT2D eigenvalue weighted by Crippen LogP contribution is 2.33. The van der Waals surface area contributed by atoms with E-state index in [-0.39, 0.29) is 22.3 Å². The van der Waals surface area contributed by atoms with Crippen molar-refractivity contribution in [3.8, 4) is 0 Å². The summed E-state index contributed by atoms with van der Waals surface area (Å²) < 4.78 is 0. The highest BCUT2D eigenvalue weighted by molar-refractivity contribution is 8.18. The van der Waals surface area contributed by atoms with Gasteiger partial charge in [-0.05, 0) is 37.7 Å². The largest absolute Gasteiger partial charge is 0.322 e. The maximum Gasteiger partial charge on any atom is 0.294 e. The summed E-state index contributed by atoms with van der Waals surface area (Å²) >= 11 is 12.7. The van der Waals surface area contributed by atoms with E-state index in [1.54, 1.807) is 32.0 Å². The van der Waals surface area contributed by atoms with Gasteiger partial charge in [0.05, 0.1) is 20.6 Å². The summed E-state index contributed by atoms with van der Waals surface area (Å²) in [6.45, 7) is 3.09. The Labute approximate surface area is 141 Å². The number of para-hydroxylation sites is 1. The Kier molecular flexibility index (Phi) is 5.16. The Morgan fingerprint density at radius 1 is 1.23 bits per heavy atom. The molecule has 2 rings (SSSR count). The molecule has 1 heterocycles. The summed E-state index contributed by atoms with van der Waals surface area (Å²) in [5.74, 6) is -1.01. The number of anilines is 1. The zero-order chi connectivity index (χ0) is 16.4. The lowest BCUT2D eigenvalue weighted by molar-refractivity contribution is -0.127. The Hall–Kier alpha value is -1.50.